The molecule has 1 fully saturated rings. The van der Waals surface area contributed by atoms with Crippen molar-refractivity contribution in [1.82, 2.24) is 0 Å². The van der Waals surface area contributed by atoms with Crippen LogP contribution in [-0.2, 0) is 4.74 Å². The van der Waals surface area contributed by atoms with E-state index in [0.717, 1.165) is 0 Å². The maximum Gasteiger partial charge on any atom is 0.0644 e. The largest absolute Gasteiger partial charge is 0.396 e. The van der Waals surface area contributed by atoms with Gasteiger partial charge in [0.05, 0.1) is 19.3 Å². The lowest BCUT2D eigenvalue weighted by Crippen LogP contribution is -2.50. The van der Waals surface area contributed by atoms with Crippen LogP contribution in [0, 0.1) is 5.41 Å². The van der Waals surface area contributed by atoms with E-state index in [1.807, 2.05) is 13.8 Å². The Hall–Kier alpha value is -0.0800. The Bertz CT molecular complexity index is 88.5. The van der Waals surface area contributed by atoms with E-state index in [4.69, 9.17) is 9.84 Å². The first-order chi connectivity index (χ1) is 3.69. The Labute approximate surface area is 49.5 Å². The van der Waals surface area contributed by atoms with Crippen molar-refractivity contribution in [3.8, 4) is 0 Å². The molecule has 0 aromatic rings. The van der Waals surface area contributed by atoms with E-state index in [0.29, 0.717) is 6.61 Å². The smallest absolute Gasteiger partial charge is 0.0644 e. The molecule has 1 heterocycles. The highest BCUT2D eigenvalue weighted by molar-refractivity contribution is 4.87. The molecule has 0 saturated carbocycles. The molecule has 0 aromatic carbocycles. The van der Waals surface area contributed by atoms with Crippen molar-refractivity contribution in [2.24, 2.45) is 5.41 Å². The van der Waals surface area contributed by atoms with Gasteiger partial charge in [0.2, 0.25) is 0 Å². The first kappa shape index (κ1) is 6.05. The molecular formula is C6H12O2. The summed E-state index contributed by atoms with van der Waals surface area (Å²) in [6.07, 6.45) is 0.243. The molecule has 0 bridgehead atoms. The maximum absolute atomic E-state index is 8.74. The van der Waals surface area contributed by atoms with Crippen LogP contribution in [0.5, 0.6) is 0 Å². The Morgan fingerprint density at radius 3 is 2.50 bits per heavy atom. The zero-order valence-corrected chi connectivity index (χ0v) is 5.35. The Morgan fingerprint density at radius 1 is 1.88 bits per heavy atom. The van der Waals surface area contributed by atoms with Crippen molar-refractivity contribution in [2.75, 3.05) is 13.2 Å². The first-order valence-corrected chi connectivity index (χ1v) is 2.91. The number of aliphatic hydroxyl groups is 1. The molecule has 1 saturated heterocycles. The van der Waals surface area contributed by atoms with Gasteiger partial charge in [-0.1, -0.05) is 6.92 Å². The van der Waals surface area contributed by atoms with Crippen LogP contribution in [0.25, 0.3) is 0 Å². The van der Waals surface area contributed by atoms with E-state index < -0.39 is 0 Å². The summed E-state index contributed by atoms with van der Waals surface area (Å²) >= 11 is 0. The summed E-state index contributed by atoms with van der Waals surface area (Å²) in [5, 5.41) is 8.74. The second-order valence-corrected chi connectivity index (χ2v) is 2.77. The van der Waals surface area contributed by atoms with Gasteiger partial charge in [-0.25, -0.2) is 0 Å². The van der Waals surface area contributed by atoms with E-state index >= 15 is 0 Å². The molecule has 1 aliphatic heterocycles. The first-order valence-electron chi connectivity index (χ1n) is 2.91. The minimum absolute atomic E-state index is 0.0556. The number of rotatable bonds is 1. The van der Waals surface area contributed by atoms with Crippen LogP contribution in [0.15, 0.2) is 0 Å². The highest BCUT2D eigenvalue weighted by Gasteiger charge is 2.40. The van der Waals surface area contributed by atoms with Gasteiger partial charge in [0.1, 0.15) is 0 Å². The summed E-state index contributed by atoms with van der Waals surface area (Å²) in [6, 6.07) is 0. The van der Waals surface area contributed by atoms with Crippen molar-refractivity contribution in [2.45, 2.75) is 20.0 Å². The third kappa shape index (κ3) is 0.644. The minimum atomic E-state index is 0.0556. The van der Waals surface area contributed by atoms with E-state index in [1.54, 1.807) is 0 Å². The number of hydrogen-bond donors (Lipinski definition) is 1. The molecule has 0 aliphatic carbocycles. The predicted octanol–water partition coefficient (Wildman–Crippen LogP) is 0.404. The highest BCUT2D eigenvalue weighted by atomic mass is 16.5. The molecule has 0 amide bonds. The molecule has 0 aromatic heterocycles. The summed E-state index contributed by atoms with van der Waals surface area (Å²) in [6.45, 7) is 4.97. The van der Waals surface area contributed by atoms with Crippen LogP contribution < -0.4 is 0 Å². The number of hydrogen-bond acceptors (Lipinski definition) is 2. The zero-order valence-electron chi connectivity index (χ0n) is 5.35. The SMILES string of the molecule is CC1OCC1(C)CO. The van der Waals surface area contributed by atoms with Crippen LogP contribution in [0.1, 0.15) is 13.8 Å². The lowest BCUT2D eigenvalue weighted by Gasteiger charge is -2.43. The Balaban J connectivity index is 2.42. The quantitative estimate of drug-likeness (QED) is 0.537. The van der Waals surface area contributed by atoms with Gasteiger partial charge in [-0.2, -0.15) is 0 Å². The van der Waals surface area contributed by atoms with Gasteiger partial charge in [-0.15, -0.1) is 0 Å². The van der Waals surface area contributed by atoms with E-state index in [1.165, 1.54) is 0 Å². The normalized spacial score (nSPS) is 46.1. The van der Waals surface area contributed by atoms with E-state index in [-0.39, 0.29) is 18.1 Å². The van der Waals surface area contributed by atoms with Gasteiger partial charge in [0, 0.05) is 5.41 Å². The van der Waals surface area contributed by atoms with Crippen molar-refractivity contribution in [3.63, 3.8) is 0 Å². The molecule has 2 heteroatoms. The van der Waals surface area contributed by atoms with Crippen LogP contribution >= 0.6 is 0 Å². The lowest BCUT2D eigenvalue weighted by molar-refractivity contribution is -0.185. The Kier molecular flexibility index (Phi) is 1.29. The molecule has 0 radical (unpaired) electrons. The minimum Gasteiger partial charge on any atom is -0.396 e. The van der Waals surface area contributed by atoms with E-state index in [9.17, 15) is 0 Å². The van der Waals surface area contributed by atoms with Crippen molar-refractivity contribution in [1.29, 1.82) is 0 Å². The fourth-order valence-corrected chi connectivity index (χ4v) is 0.709. The topological polar surface area (TPSA) is 29.5 Å². The van der Waals surface area contributed by atoms with Gasteiger partial charge >= 0.3 is 0 Å². The standard InChI is InChI=1S/C6H12O2/c1-5-6(2,3-7)4-8-5/h5,7H,3-4H2,1-2H3. The Morgan fingerprint density at radius 2 is 2.50 bits per heavy atom. The summed E-state index contributed by atoms with van der Waals surface area (Å²) in [7, 11) is 0. The molecule has 1 rings (SSSR count). The molecule has 2 atom stereocenters. The number of aliphatic hydroxyl groups excluding tert-OH is 1. The van der Waals surface area contributed by atoms with Gasteiger partial charge in [-0.3, -0.25) is 0 Å². The average molecular weight is 116 g/mol. The summed E-state index contributed by atoms with van der Waals surface area (Å²) in [4.78, 5) is 0. The fourth-order valence-electron chi connectivity index (χ4n) is 0.709. The monoisotopic (exact) mass is 116 g/mol. The van der Waals surface area contributed by atoms with Crippen LogP contribution in [0.4, 0.5) is 0 Å². The summed E-state index contributed by atoms with van der Waals surface area (Å²) in [5.74, 6) is 0. The zero-order chi connectivity index (χ0) is 6.20. The average Bonchev–Trinajstić information content (AvgIpc) is 1.83. The van der Waals surface area contributed by atoms with Gasteiger partial charge in [-0.05, 0) is 6.92 Å². The van der Waals surface area contributed by atoms with Crippen molar-refractivity contribution >= 4 is 0 Å². The molecular weight excluding hydrogens is 104 g/mol. The van der Waals surface area contributed by atoms with Crippen LogP contribution in [0.3, 0.4) is 0 Å². The molecule has 1 aliphatic rings. The lowest BCUT2D eigenvalue weighted by atomic mass is 9.82. The molecule has 8 heavy (non-hydrogen) atoms. The van der Waals surface area contributed by atoms with Crippen LogP contribution in [0.2, 0.25) is 0 Å². The van der Waals surface area contributed by atoms with Crippen molar-refractivity contribution < 1.29 is 9.84 Å². The fraction of sp³-hybridized carbons (Fsp3) is 1.00. The van der Waals surface area contributed by atoms with Crippen LogP contribution in [-0.4, -0.2) is 24.4 Å². The second-order valence-electron chi connectivity index (χ2n) is 2.77. The molecule has 48 valence electrons. The molecule has 2 unspecified atom stereocenters. The summed E-state index contributed by atoms with van der Waals surface area (Å²) in [5.41, 5.74) is 0.0556. The van der Waals surface area contributed by atoms with E-state index in [2.05, 4.69) is 0 Å². The highest BCUT2D eigenvalue weighted by Crippen LogP contribution is 2.32. The third-order valence-corrected chi connectivity index (χ3v) is 2.01. The summed E-state index contributed by atoms with van der Waals surface area (Å²) < 4.78 is 5.08. The predicted molar refractivity (Wildman–Crippen MR) is 30.6 cm³/mol. The van der Waals surface area contributed by atoms with Gasteiger partial charge in [0.15, 0.2) is 0 Å². The number of ether oxygens (including phenoxy) is 1. The molecule has 1 N–H and O–H groups in total. The maximum atomic E-state index is 8.74. The van der Waals surface area contributed by atoms with Crippen molar-refractivity contribution in [3.05, 3.63) is 0 Å². The molecule has 2 nitrogen and oxygen atoms in total. The third-order valence-electron chi connectivity index (χ3n) is 2.01. The second kappa shape index (κ2) is 1.71. The van der Waals surface area contributed by atoms with Gasteiger partial charge in [0.25, 0.3) is 0 Å². The molecule has 0 spiro atoms. The van der Waals surface area contributed by atoms with Gasteiger partial charge < -0.3 is 9.84 Å².